The van der Waals surface area contributed by atoms with Crippen LogP contribution in [0.25, 0.3) is 0 Å². The van der Waals surface area contributed by atoms with Crippen molar-refractivity contribution >= 4 is 5.82 Å². The molecule has 2 rings (SSSR count). The van der Waals surface area contributed by atoms with Crippen LogP contribution in [0.2, 0.25) is 0 Å². The minimum absolute atomic E-state index is 0.585. The normalized spacial score (nSPS) is 21.3. The van der Waals surface area contributed by atoms with Gasteiger partial charge in [0.15, 0.2) is 0 Å². The summed E-state index contributed by atoms with van der Waals surface area (Å²) in [5, 5.41) is 3.31. The molecule has 4 heteroatoms. The molecule has 0 aromatic carbocycles. The van der Waals surface area contributed by atoms with Gasteiger partial charge in [-0.2, -0.15) is 4.98 Å². The van der Waals surface area contributed by atoms with E-state index < -0.39 is 0 Å². The molecule has 0 bridgehead atoms. The van der Waals surface area contributed by atoms with Crippen molar-refractivity contribution in [1.82, 2.24) is 9.97 Å². The maximum atomic E-state index is 5.95. The summed E-state index contributed by atoms with van der Waals surface area (Å²) in [6, 6.07) is 1.91. The Kier molecular flexibility index (Phi) is 6.03. The van der Waals surface area contributed by atoms with E-state index in [1.165, 1.54) is 0 Å². The van der Waals surface area contributed by atoms with Crippen LogP contribution in [0, 0.1) is 11.8 Å². The Bertz CT molecular complexity index is 473. The zero-order valence-electron chi connectivity index (χ0n) is 13.4. The predicted molar refractivity (Wildman–Crippen MR) is 86.7 cm³/mol. The Hall–Kier alpha value is -1.58. The first-order chi connectivity index (χ1) is 10.2. The number of hydrogen-bond acceptors (Lipinski definition) is 4. The molecule has 1 aromatic rings. The van der Waals surface area contributed by atoms with Crippen molar-refractivity contribution < 1.29 is 4.74 Å². The highest BCUT2D eigenvalue weighted by atomic mass is 16.5. The molecule has 4 nitrogen and oxygen atoms in total. The first-order valence-electron chi connectivity index (χ1n) is 8.12. The van der Waals surface area contributed by atoms with E-state index in [1.54, 1.807) is 0 Å². The van der Waals surface area contributed by atoms with Crippen molar-refractivity contribution in [1.29, 1.82) is 0 Å². The number of aryl methyl sites for hydroxylation is 1. The van der Waals surface area contributed by atoms with E-state index in [2.05, 4.69) is 48.2 Å². The van der Waals surface area contributed by atoms with Gasteiger partial charge in [-0.05, 0) is 31.1 Å². The van der Waals surface area contributed by atoms with Gasteiger partial charge in [0.05, 0.1) is 6.61 Å². The first-order valence-corrected chi connectivity index (χ1v) is 8.12. The van der Waals surface area contributed by atoms with Crippen LogP contribution in [-0.2, 0) is 6.42 Å². The quantitative estimate of drug-likeness (QED) is 0.775. The van der Waals surface area contributed by atoms with Crippen molar-refractivity contribution in [2.24, 2.45) is 11.8 Å². The predicted octanol–water partition coefficient (Wildman–Crippen LogP) is 3.84. The third-order valence-corrected chi connectivity index (χ3v) is 3.98. The highest BCUT2D eigenvalue weighted by molar-refractivity contribution is 5.38. The molecule has 1 heterocycles. The van der Waals surface area contributed by atoms with Crippen molar-refractivity contribution in [3.05, 3.63) is 24.0 Å². The molecule has 0 radical (unpaired) electrons. The number of anilines is 1. The summed E-state index contributed by atoms with van der Waals surface area (Å²) in [4.78, 5) is 8.96. The van der Waals surface area contributed by atoms with Gasteiger partial charge in [0.1, 0.15) is 11.6 Å². The van der Waals surface area contributed by atoms with Gasteiger partial charge >= 0.3 is 0 Å². The van der Waals surface area contributed by atoms with E-state index >= 15 is 0 Å². The molecule has 116 valence electrons. The van der Waals surface area contributed by atoms with Crippen LogP contribution in [-0.4, -0.2) is 23.1 Å². The lowest BCUT2D eigenvalue weighted by Crippen LogP contribution is -2.21. The first kappa shape index (κ1) is 15.8. The zero-order chi connectivity index (χ0) is 15.1. The number of hydrogen-bond donors (Lipinski definition) is 1. The summed E-state index contributed by atoms with van der Waals surface area (Å²) in [6.45, 7) is 8.16. The Morgan fingerprint density at radius 2 is 2.05 bits per heavy atom. The Morgan fingerprint density at radius 3 is 2.76 bits per heavy atom. The van der Waals surface area contributed by atoms with Crippen molar-refractivity contribution in [2.45, 2.75) is 46.5 Å². The van der Waals surface area contributed by atoms with Crippen LogP contribution in [0.5, 0.6) is 5.88 Å². The van der Waals surface area contributed by atoms with Gasteiger partial charge in [-0.15, -0.1) is 0 Å². The standard InChI is InChI=1S/C17H27N3O/c1-4-10-18-16-11-17(20-15(5-2)19-16)21-12-14-9-7-6-8-13(14)3/h6-7,11,13-14H,4-5,8-10,12H2,1-3H3,(H,18,19,20). The summed E-state index contributed by atoms with van der Waals surface area (Å²) in [7, 11) is 0. The van der Waals surface area contributed by atoms with Gasteiger partial charge < -0.3 is 10.1 Å². The molecule has 0 spiro atoms. The van der Waals surface area contributed by atoms with Crippen molar-refractivity contribution in [2.75, 3.05) is 18.5 Å². The van der Waals surface area contributed by atoms with Crippen LogP contribution in [0.15, 0.2) is 18.2 Å². The molecule has 1 aliphatic rings. The molecule has 1 N–H and O–H groups in total. The third kappa shape index (κ3) is 4.73. The molecule has 0 amide bonds. The Morgan fingerprint density at radius 1 is 1.24 bits per heavy atom. The fourth-order valence-electron chi connectivity index (χ4n) is 2.48. The van der Waals surface area contributed by atoms with E-state index in [4.69, 9.17) is 4.74 Å². The lowest BCUT2D eigenvalue weighted by molar-refractivity contribution is 0.192. The van der Waals surface area contributed by atoms with Gasteiger partial charge in [0.25, 0.3) is 0 Å². The maximum Gasteiger partial charge on any atom is 0.218 e. The molecule has 1 aliphatic carbocycles. The SMILES string of the molecule is CCCNc1cc(OCC2CC=CCC2C)nc(CC)n1. The Balaban J connectivity index is 1.99. The maximum absolute atomic E-state index is 5.95. The number of nitrogens with one attached hydrogen (secondary N) is 1. The average Bonchev–Trinajstić information content (AvgIpc) is 2.52. The largest absolute Gasteiger partial charge is 0.477 e. The van der Waals surface area contributed by atoms with Gasteiger partial charge in [0, 0.05) is 19.0 Å². The van der Waals surface area contributed by atoms with Gasteiger partial charge in [0.2, 0.25) is 5.88 Å². The smallest absolute Gasteiger partial charge is 0.218 e. The molecule has 0 saturated carbocycles. The van der Waals surface area contributed by atoms with Crippen LogP contribution in [0.4, 0.5) is 5.82 Å². The minimum atomic E-state index is 0.585. The number of rotatable bonds is 7. The molecule has 0 aliphatic heterocycles. The molecule has 2 unspecified atom stereocenters. The number of allylic oxidation sites excluding steroid dienone is 2. The average molecular weight is 289 g/mol. The third-order valence-electron chi connectivity index (χ3n) is 3.98. The topological polar surface area (TPSA) is 47.0 Å². The second kappa shape index (κ2) is 8.01. The zero-order valence-corrected chi connectivity index (χ0v) is 13.4. The van der Waals surface area contributed by atoms with Crippen molar-refractivity contribution in [3.8, 4) is 5.88 Å². The summed E-state index contributed by atoms with van der Waals surface area (Å²) in [6.07, 6.45) is 8.69. The van der Waals surface area contributed by atoms with Crippen LogP contribution in [0.3, 0.4) is 0 Å². The summed E-state index contributed by atoms with van der Waals surface area (Å²) in [5.41, 5.74) is 0. The lowest BCUT2D eigenvalue weighted by atomic mass is 9.85. The second-order valence-corrected chi connectivity index (χ2v) is 5.78. The number of nitrogens with zero attached hydrogens (tertiary/aromatic N) is 2. The van der Waals surface area contributed by atoms with Crippen molar-refractivity contribution in [3.63, 3.8) is 0 Å². The van der Waals surface area contributed by atoms with E-state index in [-0.39, 0.29) is 0 Å². The molecule has 0 fully saturated rings. The molecule has 21 heavy (non-hydrogen) atoms. The molecular formula is C17H27N3O. The highest BCUT2D eigenvalue weighted by Gasteiger charge is 2.19. The summed E-state index contributed by atoms with van der Waals surface area (Å²) in [5.74, 6) is 3.67. The van der Waals surface area contributed by atoms with Gasteiger partial charge in [-0.1, -0.05) is 32.9 Å². The summed E-state index contributed by atoms with van der Waals surface area (Å²) < 4.78 is 5.95. The monoisotopic (exact) mass is 289 g/mol. The summed E-state index contributed by atoms with van der Waals surface area (Å²) >= 11 is 0. The van der Waals surface area contributed by atoms with E-state index in [0.717, 1.165) is 50.5 Å². The lowest BCUT2D eigenvalue weighted by Gasteiger charge is -2.25. The minimum Gasteiger partial charge on any atom is -0.477 e. The van der Waals surface area contributed by atoms with Crippen LogP contribution in [0.1, 0.15) is 45.9 Å². The number of aromatic nitrogens is 2. The fourth-order valence-corrected chi connectivity index (χ4v) is 2.48. The highest BCUT2D eigenvalue weighted by Crippen LogP contribution is 2.26. The van der Waals surface area contributed by atoms with Crippen LogP contribution >= 0.6 is 0 Å². The molecule has 0 saturated heterocycles. The van der Waals surface area contributed by atoms with Gasteiger partial charge in [-0.3, -0.25) is 0 Å². The fraction of sp³-hybridized carbons (Fsp3) is 0.647. The molecule has 1 aromatic heterocycles. The second-order valence-electron chi connectivity index (χ2n) is 5.78. The van der Waals surface area contributed by atoms with E-state index in [1.807, 2.05) is 6.07 Å². The Labute approximate surface area is 128 Å². The molecule has 2 atom stereocenters. The van der Waals surface area contributed by atoms with Gasteiger partial charge in [-0.25, -0.2) is 4.98 Å². The molecular weight excluding hydrogens is 262 g/mol. The van der Waals surface area contributed by atoms with Crippen LogP contribution < -0.4 is 10.1 Å². The van der Waals surface area contributed by atoms with E-state index in [9.17, 15) is 0 Å². The number of ether oxygens (including phenoxy) is 1. The van der Waals surface area contributed by atoms with E-state index in [0.29, 0.717) is 17.7 Å².